The maximum Gasteiger partial charge on any atom is 0.191 e. The summed E-state index contributed by atoms with van der Waals surface area (Å²) in [5.74, 6) is 1.56. The quantitative estimate of drug-likeness (QED) is 0.471. The van der Waals surface area contributed by atoms with Crippen molar-refractivity contribution in [3.63, 3.8) is 0 Å². The Hall–Kier alpha value is -2.41. The van der Waals surface area contributed by atoms with Crippen LogP contribution in [0.5, 0.6) is 0 Å². The van der Waals surface area contributed by atoms with Crippen molar-refractivity contribution in [1.29, 1.82) is 0 Å². The van der Waals surface area contributed by atoms with Gasteiger partial charge in [-0.05, 0) is 37.5 Å². The molecule has 1 aromatic carbocycles. The maximum atomic E-state index is 13.1. The number of methoxy groups -OCH3 is 1. The smallest absolute Gasteiger partial charge is 0.191 e. The molecule has 0 aliphatic rings. The molecular formula is C21H31FN4O2. The summed E-state index contributed by atoms with van der Waals surface area (Å²) in [5, 5.41) is 10.7. The first-order chi connectivity index (χ1) is 13.6. The Balaban J connectivity index is 1.98. The van der Waals surface area contributed by atoms with Crippen LogP contribution in [-0.4, -0.2) is 31.3 Å². The third-order valence-corrected chi connectivity index (χ3v) is 4.70. The van der Waals surface area contributed by atoms with Crippen LogP contribution in [0.4, 0.5) is 4.39 Å². The largest absolute Gasteiger partial charge is 0.375 e. The van der Waals surface area contributed by atoms with Crippen LogP contribution in [0.15, 0.2) is 39.8 Å². The summed E-state index contributed by atoms with van der Waals surface area (Å²) in [6.07, 6.45) is 1.87. The average Bonchev–Trinajstić information content (AvgIpc) is 3.17. The Morgan fingerprint density at radius 1 is 1.18 bits per heavy atom. The molecule has 0 aliphatic carbocycles. The molecule has 0 saturated carbocycles. The molecule has 2 rings (SSSR count). The van der Waals surface area contributed by atoms with E-state index in [1.165, 1.54) is 12.1 Å². The summed E-state index contributed by atoms with van der Waals surface area (Å²) in [6, 6.07) is 8.30. The minimum atomic E-state index is -0.263. The lowest BCUT2D eigenvalue weighted by Gasteiger charge is -2.18. The number of benzene rings is 1. The van der Waals surface area contributed by atoms with Crippen LogP contribution >= 0.6 is 0 Å². The zero-order valence-electron chi connectivity index (χ0n) is 17.2. The molecule has 1 unspecified atom stereocenters. The van der Waals surface area contributed by atoms with Gasteiger partial charge in [0.05, 0.1) is 11.8 Å². The lowest BCUT2D eigenvalue weighted by atomic mass is 9.99. The van der Waals surface area contributed by atoms with Crippen LogP contribution in [0.3, 0.4) is 0 Å². The first kappa shape index (κ1) is 21.9. The molecule has 0 spiro atoms. The lowest BCUT2D eigenvalue weighted by Crippen LogP contribution is -2.39. The van der Waals surface area contributed by atoms with Crippen molar-refractivity contribution in [2.24, 2.45) is 4.99 Å². The third kappa shape index (κ3) is 6.34. The second-order valence-electron chi connectivity index (χ2n) is 6.58. The van der Waals surface area contributed by atoms with E-state index in [4.69, 9.17) is 9.26 Å². The highest BCUT2D eigenvalue weighted by Crippen LogP contribution is 2.22. The van der Waals surface area contributed by atoms with E-state index in [1.54, 1.807) is 19.2 Å². The second kappa shape index (κ2) is 11.4. The van der Waals surface area contributed by atoms with E-state index in [-0.39, 0.29) is 11.9 Å². The number of hydrogen-bond acceptors (Lipinski definition) is 4. The number of ether oxygens (including phenoxy) is 1. The van der Waals surface area contributed by atoms with Gasteiger partial charge < -0.3 is 19.9 Å². The van der Waals surface area contributed by atoms with E-state index in [0.717, 1.165) is 36.4 Å². The minimum absolute atomic E-state index is 0.212. The van der Waals surface area contributed by atoms with Gasteiger partial charge in [0.15, 0.2) is 11.7 Å². The topological polar surface area (TPSA) is 71.7 Å². The molecule has 0 fully saturated rings. The number of aliphatic imine (C=N–C) groups is 1. The van der Waals surface area contributed by atoms with Gasteiger partial charge in [-0.1, -0.05) is 31.1 Å². The summed E-state index contributed by atoms with van der Waals surface area (Å²) >= 11 is 0. The number of nitrogens with one attached hydrogen (secondary N) is 2. The van der Waals surface area contributed by atoms with Gasteiger partial charge in [0.25, 0.3) is 0 Å². The molecule has 0 radical (unpaired) electrons. The molecule has 7 heteroatoms. The van der Waals surface area contributed by atoms with E-state index >= 15 is 0 Å². The van der Waals surface area contributed by atoms with Gasteiger partial charge in [-0.2, -0.15) is 0 Å². The molecular weight excluding hydrogens is 359 g/mol. The lowest BCUT2D eigenvalue weighted by molar-refractivity contribution is 0.106. The van der Waals surface area contributed by atoms with E-state index in [0.29, 0.717) is 25.0 Å². The number of hydrogen-bond donors (Lipinski definition) is 2. The highest BCUT2D eigenvalue weighted by Gasteiger charge is 2.14. The molecule has 1 heterocycles. The van der Waals surface area contributed by atoms with E-state index in [2.05, 4.69) is 34.6 Å². The van der Waals surface area contributed by atoms with Crippen LogP contribution < -0.4 is 10.6 Å². The van der Waals surface area contributed by atoms with E-state index in [1.807, 2.05) is 13.0 Å². The van der Waals surface area contributed by atoms with Gasteiger partial charge in [-0.25, -0.2) is 9.38 Å². The summed E-state index contributed by atoms with van der Waals surface area (Å²) in [7, 11) is 1.63. The molecule has 6 nitrogen and oxygen atoms in total. The van der Waals surface area contributed by atoms with Gasteiger partial charge in [-0.15, -0.1) is 0 Å². The molecule has 154 valence electrons. The monoisotopic (exact) mass is 390 g/mol. The third-order valence-electron chi connectivity index (χ3n) is 4.70. The molecule has 0 saturated heterocycles. The molecule has 0 aliphatic heterocycles. The van der Waals surface area contributed by atoms with Gasteiger partial charge in [-0.3, -0.25) is 0 Å². The Morgan fingerprint density at radius 2 is 1.89 bits per heavy atom. The predicted octanol–water partition coefficient (Wildman–Crippen LogP) is 4.16. The molecule has 0 amide bonds. The van der Waals surface area contributed by atoms with Gasteiger partial charge >= 0.3 is 0 Å². The number of aromatic nitrogens is 1. The zero-order chi connectivity index (χ0) is 20.4. The second-order valence-corrected chi connectivity index (χ2v) is 6.58. The molecule has 1 aromatic heterocycles. The number of nitrogens with zero attached hydrogens (tertiary/aromatic N) is 2. The number of rotatable bonds is 10. The zero-order valence-corrected chi connectivity index (χ0v) is 17.2. The highest BCUT2D eigenvalue weighted by atomic mass is 19.1. The Bertz CT molecular complexity index is 726. The van der Waals surface area contributed by atoms with Crippen molar-refractivity contribution in [3.8, 4) is 0 Å². The molecule has 0 bridgehead atoms. The summed E-state index contributed by atoms with van der Waals surface area (Å²) < 4.78 is 24.1. The Labute approximate surface area is 166 Å². The number of halogens is 1. The van der Waals surface area contributed by atoms with Gasteiger partial charge in [0.2, 0.25) is 0 Å². The molecule has 1 atom stereocenters. The normalized spacial score (nSPS) is 13.0. The molecule has 28 heavy (non-hydrogen) atoms. The molecule has 2 aromatic rings. The van der Waals surface area contributed by atoms with E-state index in [9.17, 15) is 4.39 Å². The van der Waals surface area contributed by atoms with Gasteiger partial charge in [0, 0.05) is 32.2 Å². The van der Waals surface area contributed by atoms with Crippen molar-refractivity contribution in [2.45, 2.75) is 52.2 Å². The van der Waals surface area contributed by atoms with Gasteiger partial charge in [0.1, 0.15) is 12.4 Å². The van der Waals surface area contributed by atoms with E-state index < -0.39 is 0 Å². The predicted molar refractivity (Wildman–Crippen MR) is 109 cm³/mol. The van der Waals surface area contributed by atoms with Crippen molar-refractivity contribution >= 4 is 5.96 Å². The van der Waals surface area contributed by atoms with Crippen LogP contribution in [0, 0.1) is 5.82 Å². The van der Waals surface area contributed by atoms with Crippen LogP contribution in [0.1, 0.15) is 62.7 Å². The van der Waals surface area contributed by atoms with Crippen LogP contribution in [0.2, 0.25) is 0 Å². The van der Waals surface area contributed by atoms with Crippen LogP contribution in [0.25, 0.3) is 0 Å². The summed E-state index contributed by atoms with van der Waals surface area (Å²) in [6.45, 7) is 7.95. The SMILES string of the molecule is CCNC(=NCc1cc(C(CC)CC)no1)NCC(OC)c1ccc(F)cc1. The summed E-state index contributed by atoms with van der Waals surface area (Å²) in [4.78, 5) is 4.57. The minimum Gasteiger partial charge on any atom is -0.375 e. The maximum absolute atomic E-state index is 13.1. The fourth-order valence-corrected chi connectivity index (χ4v) is 3.01. The van der Waals surface area contributed by atoms with Crippen molar-refractivity contribution in [2.75, 3.05) is 20.2 Å². The van der Waals surface area contributed by atoms with Crippen molar-refractivity contribution < 1.29 is 13.7 Å². The highest BCUT2D eigenvalue weighted by molar-refractivity contribution is 5.79. The first-order valence-corrected chi connectivity index (χ1v) is 9.87. The average molecular weight is 391 g/mol. The summed E-state index contributed by atoms with van der Waals surface area (Å²) in [5.41, 5.74) is 1.89. The molecule has 2 N–H and O–H groups in total. The first-order valence-electron chi connectivity index (χ1n) is 9.87. The Morgan fingerprint density at radius 3 is 2.50 bits per heavy atom. The fraction of sp³-hybridized carbons (Fsp3) is 0.524. The number of guanidine groups is 1. The van der Waals surface area contributed by atoms with Crippen molar-refractivity contribution in [3.05, 3.63) is 53.2 Å². The van der Waals surface area contributed by atoms with Crippen LogP contribution in [-0.2, 0) is 11.3 Å². The fourth-order valence-electron chi connectivity index (χ4n) is 3.01. The Kier molecular flexibility index (Phi) is 8.94. The van der Waals surface area contributed by atoms with Crippen molar-refractivity contribution in [1.82, 2.24) is 15.8 Å². The standard InChI is InChI=1S/C21H31FN4O2/c1-5-15(6-2)19-12-18(28-26-19)13-24-21(23-7-3)25-14-20(27-4)16-8-10-17(22)11-9-16/h8-12,15,20H,5-7,13-14H2,1-4H3,(H2,23,24,25).